The number of benzene rings is 2. The average Bonchev–Trinajstić information content (AvgIpc) is 2.66. The molecule has 0 saturated heterocycles. The maximum atomic E-state index is 12.8. The Morgan fingerprint density at radius 2 is 1.63 bits per heavy atom. The molecule has 0 aliphatic rings. The number of hydrogen-bond donors (Lipinski definition) is 1. The molecule has 1 aromatic heterocycles. The standard InChI is InChI=1S/C21H20BrN3O4S/c1-13-10-14(2)21(15(3)11-13)23-18(26)12-25-20(27)9-8-19(24-25)30(28,29)17-6-4-16(22)5-7-17/h4-11H,12H2,1-3H3,(H,23,26). The van der Waals surface area contributed by atoms with Crippen molar-refractivity contribution in [3.05, 3.63) is 80.0 Å². The van der Waals surface area contributed by atoms with E-state index in [0.29, 0.717) is 5.69 Å². The van der Waals surface area contributed by atoms with Gasteiger partial charge in [0.25, 0.3) is 5.56 Å². The summed E-state index contributed by atoms with van der Waals surface area (Å²) in [6.07, 6.45) is 0. The van der Waals surface area contributed by atoms with Crippen LogP contribution in [0.2, 0.25) is 0 Å². The number of aryl methyl sites for hydroxylation is 3. The molecular weight excluding hydrogens is 470 g/mol. The number of hydrogen-bond acceptors (Lipinski definition) is 5. The molecule has 1 N–H and O–H groups in total. The smallest absolute Gasteiger partial charge is 0.267 e. The number of carbonyl (C=O) groups excluding carboxylic acids is 1. The lowest BCUT2D eigenvalue weighted by molar-refractivity contribution is -0.117. The summed E-state index contributed by atoms with van der Waals surface area (Å²) in [6.45, 7) is 5.32. The van der Waals surface area contributed by atoms with Crippen molar-refractivity contribution in [1.82, 2.24) is 9.78 Å². The van der Waals surface area contributed by atoms with E-state index in [1.807, 2.05) is 32.9 Å². The van der Waals surface area contributed by atoms with Crippen LogP contribution in [-0.4, -0.2) is 24.1 Å². The fourth-order valence-electron chi connectivity index (χ4n) is 3.11. The third kappa shape index (κ3) is 4.68. The Hall–Kier alpha value is -2.78. The van der Waals surface area contributed by atoms with Gasteiger partial charge >= 0.3 is 0 Å². The van der Waals surface area contributed by atoms with E-state index >= 15 is 0 Å². The molecule has 0 atom stereocenters. The van der Waals surface area contributed by atoms with Gasteiger partial charge in [-0.05, 0) is 62.2 Å². The summed E-state index contributed by atoms with van der Waals surface area (Å²) in [6, 6.07) is 12.2. The monoisotopic (exact) mass is 489 g/mol. The summed E-state index contributed by atoms with van der Waals surface area (Å²) >= 11 is 3.26. The van der Waals surface area contributed by atoms with Crippen LogP contribution in [0.4, 0.5) is 5.69 Å². The summed E-state index contributed by atoms with van der Waals surface area (Å²) in [7, 11) is -3.93. The van der Waals surface area contributed by atoms with E-state index in [-0.39, 0.29) is 9.92 Å². The molecule has 7 nitrogen and oxygen atoms in total. The lowest BCUT2D eigenvalue weighted by Crippen LogP contribution is -2.30. The van der Waals surface area contributed by atoms with Crippen LogP contribution >= 0.6 is 15.9 Å². The number of anilines is 1. The molecule has 3 rings (SSSR count). The molecule has 3 aromatic rings. The van der Waals surface area contributed by atoms with Crippen LogP contribution < -0.4 is 10.9 Å². The van der Waals surface area contributed by atoms with Crippen LogP contribution in [0.5, 0.6) is 0 Å². The van der Waals surface area contributed by atoms with Crippen LogP contribution in [0.3, 0.4) is 0 Å². The zero-order valence-electron chi connectivity index (χ0n) is 16.6. The third-order valence-corrected chi connectivity index (χ3v) is 6.67. The predicted octanol–water partition coefficient (Wildman–Crippen LogP) is 3.40. The van der Waals surface area contributed by atoms with Crippen LogP contribution in [-0.2, 0) is 21.2 Å². The van der Waals surface area contributed by atoms with Crippen molar-refractivity contribution < 1.29 is 13.2 Å². The van der Waals surface area contributed by atoms with Crippen molar-refractivity contribution in [3.63, 3.8) is 0 Å². The number of sulfone groups is 1. The maximum absolute atomic E-state index is 12.8. The van der Waals surface area contributed by atoms with Gasteiger partial charge in [-0.3, -0.25) is 9.59 Å². The van der Waals surface area contributed by atoms with Gasteiger partial charge in [-0.25, -0.2) is 13.1 Å². The fourth-order valence-corrected chi connectivity index (χ4v) is 4.57. The lowest BCUT2D eigenvalue weighted by Gasteiger charge is -2.13. The first-order chi connectivity index (χ1) is 14.1. The van der Waals surface area contributed by atoms with Crippen molar-refractivity contribution in [2.45, 2.75) is 37.2 Å². The molecule has 0 radical (unpaired) electrons. The quantitative estimate of drug-likeness (QED) is 0.591. The lowest BCUT2D eigenvalue weighted by atomic mass is 10.1. The van der Waals surface area contributed by atoms with E-state index in [1.165, 1.54) is 12.1 Å². The number of aromatic nitrogens is 2. The zero-order valence-corrected chi connectivity index (χ0v) is 19.0. The first kappa shape index (κ1) is 21.9. The molecular formula is C21H20BrN3O4S. The summed E-state index contributed by atoms with van der Waals surface area (Å²) in [4.78, 5) is 24.7. The molecule has 1 heterocycles. The Morgan fingerprint density at radius 1 is 1.03 bits per heavy atom. The van der Waals surface area contributed by atoms with Gasteiger partial charge in [0, 0.05) is 16.2 Å². The predicted molar refractivity (Wildman–Crippen MR) is 117 cm³/mol. The number of amides is 1. The molecule has 0 saturated carbocycles. The Balaban J connectivity index is 1.88. The first-order valence-corrected chi connectivity index (χ1v) is 11.3. The van der Waals surface area contributed by atoms with Gasteiger partial charge in [-0.2, -0.15) is 5.10 Å². The highest BCUT2D eigenvalue weighted by molar-refractivity contribution is 9.10. The van der Waals surface area contributed by atoms with Crippen LogP contribution in [0.1, 0.15) is 16.7 Å². The highest BCUT2D eigenvalue weighted by Crippen LogP contribution is 2.22. The Morgan fingerprint density at radius 3 is 2.23 bits per heavy atom. The van der Waals surface area contributed by atoms with Gasteiger partial charge in [0.05, 0.1) is 4.90 Å². The minimum atomic E-state index is -3.93. The molecule has 9 heteroatoms. The van der Waals surface area contributed by atoms with E-state index in [4.69, 9.17) is 0 Å². The van der Waals surface area contributed by atoms with E-state index in [9.17, 15) is 18.0 Å². The summed E-state index contributed by atoms with van der Waals surface area (Å²) in [5, 5.41) is 6.41. The molecule has 0 aliphatic heterocycles. The van der Waals surface area contributed by atoms with Crippen molar-refractivity contribution in [3.8, 4) is 0 Å². The average molecular weight is 490 g/mol. The van der Waals surface area contributed by atoms with Gasteiger partial charge < -0.3 is 5.32 Å². The number of carbonyl (C=O) groups is 1. The molecule has 0 fully saturated rings. The first-order valence-electron chi connectivity index (χ1n) is 9.04. The SMILES string of the molecule is Cc1cc(C)c(NC(=O)Cn2nc(S(=O)(=O)c3ccc(Br)cc3)ccc2=O)c(C)c1. The highest BCUT2D eigenvalue weighted by Gasteiger charge is 2.21. The van der Waals surface area contributed by atoms with Gasteiger partial charge in [0.1, 0.15) is 6.54 Å². The van der Waals surface area contributed by atoms with Crippen LogP contribution in [0, 0.1) is 20.8 Å². The zero-order chi connectivity index (χ0) is 22.1. The Bertz CT molecular complexity index is 1260. The molecule has 0 aliphatic carbocycles. The second-order valence-corrected chi connectivity index (χ2v) is 9.76. The minimum Gasteiger partial charge on any atom is -0.324 e. The van der Waals surface area contributed by atoms with Crippen LogP contribution in [0.25, 0.3) is 0 Å². The molecule has 0 spiro atoms. The number of rotatable bonds is 5. The Labute approximate surface area is 182 Å². The van der Waals surface area contributed by atoms with Gasteiger partial charge in [-0.15, -0.1) is 0 Å². The van der Waals surface area contributed by atoms with Gasteiger partial charge in [-0.1, -0.05) is 33.6 Å². The molecule has 156 valence electrons. The molecule has 2 aromatic carbocycles. The summed E-state index contributed by atoms with van der Waals surface area (Å²) in [5.41, 5.74) is 2.96. The Kier molecular flexibility index (Phi) is 6.23. The van der Waals surface area contributed by atoms with Crippen molar-refractivity contribution >= 4 is 37.4 Å². The van der Waals surface area contributed by atoms with Crippen LogP contribution in [0.15, 0.2) is 67.7 Å². The van der Waals surface area contributed by atoms with Crippen molar-refractivity contribution in [1.29, 1.82) is 0 Å². The van der Waals surface area contributed by atoms with Crippen molar-refractivity contribution in [2.24, 2.45) is 0 Å². The minimum absolute atomic E-state index is 0.0405. The fraction of sp³-hybridized carbons (Fsp3) is 0.190. The second-order valence-electron chi connectivity index (χ2n) is 6.95. The maximum Gasteiger partial charge on any atom is 0.267 e. The summed E-state index contributed by atoms with van der Waals surface area (Å²) < 4.78 is 27.2. The molecule has 30 heavy (non-hydrogen) atoms. The summed E-state index contributed by atoms with van der Waals surface area (Å²) in [5.74, 6) is -0.474. The van der Waals surface area contributed by atoms with Gasteiger partial charge in [0.15, 0.2) is 5.03 Å². The second kappa shape index (κ2) is 8.53. The van der Waals surface area contributed by atoms with E-state index in [2.05, 4.69) is 26.3 Å². The topological polar surface area (TPSA) is 98.1 Å². The number of nitrogens with one attached hydrogen (secondary N) is 1. The highest BCUT2D eigenvalue weighted by atomic mass is 79.9. The number of nitrogens with zero attached hydrogens (tertiary/aromatic N) is 2. The van der Waals surface area contributed by atoms with E-state index in [0.717, 1.165) is 38.0 Å². The number of halogens is 1. The van der Waals surface area contributed by atoms with E-state index in [1.54, 1.807) is 12.1 Å². The normalized spacial score (nSPS) is 11.3. The van der Waals surface area contributed by atoms with Crippen molar-refractivity contribution in [2.75, 3.05) is 5.32 Å². The van der Waals surface area contributed by atoms with E-state index < -0.39 is 27.8 Å². The molecule has 1 amide bonds. The third-order valence-electron chi connectivity index (χ3n) is 4.48. The van der Waals surface area contributed by atoms with Gasteiger partial charge in [0.2, 0.25) is 15.7 Å². The molecule has 0 unspecified atom stereocenters. The largest absolute Gasteiger partial charge is 0.324 e. The molecule has 0 bridgehead atoms.